The number of aryl methyl sites for hydroxylation is 2. The lowest BCUT2D eigenvalue weighted by Crippen LogP contribution is -2.25. The van der Waals surface area contributed by atoms with Crippen LogP contribution in [0.4, 0.5) is 0 Å². The molecule has 0 spiro atoms. The van der Waals surface area contributed by atoms with Crippen LogP contribution in [0.25, 0.3) is 5.52 Å². The normalized spacial score (nSPS) is 12.0. The van der Waals surface area contributed by atoms with Gasteiger partial charge in [-0.3, -0.25) is 9.20 Å². The van der Waals surface area contributed by atoms with E-state index in [-0.39, 0.29) is 22.5 Å². The van der Waals surface area contributed by atoms with Crippen LogP contribution in [-0.4, -0.2) is 22.6 Å². The number of nitrogens with one attached hydrogen (secondary N) is 1. The molecule has 1 aromatic carbocycles. The number of hydrogen-bond donors (Lipinski definition) is 1. The zero-order valence-electron chi connectivity index (χ0n) is 13.7. The Hall–Kier alpha value is -2.16. The average molecular weight is 381 g/mol. The minimum absolute atomic E-state index is 0.00964. The second-order valence-corrected chi connectivity index (χ2v) is 7.69. The van der Waals surface area contributed by atoms with E-state index in [4.69, 9.17) is 11.6 Å². The van der Waals surface area contributed by atoms with Gasteiger partial charge in [0.25, 0.3) is 5.56 Å². The molecular formula is C16H17ClN4O3S. The van der Waals surface area contributed by atoms with Crippen LogP contribution in [-0.2, 0) is 23.1 Å². The molecular weight excluding hydrogens is 364 g/mol. The molecule has 2 heterocycles. The number of hydrogen-bond acceptors (Lipinski definition) is 4. The van der Waals surface area contributed by atoms with Gasteiger partial charge in [-0.25, -0.2) is 17.8 Å². The summed E-state index contributed by atoms with van der Waals surface area (Å²) in [6.07, 6.45) is 1.40. The predicted octanol–water partition coefficient (Wildman–Crippen LogP) is 1.96. The maximum Gasteiger partial charge on any atom is 0.291 e. The highest BCUT2D eigenvalue weighted by atomic mass is 35.5. The van der Waals surface area contributed by atoms with Gasteiger partial charge in [0.2, 0.25) is 10.0 Å². The van der Waals surface area contributed by atoms with Crippen molar-refractivity contribution in [1.82, 2.24) is 18.9 Å². The monoisotopic (exact) mass is 380 g/mol. The molecule has 0 fully saturated rings. The van der Waals surface area contributed by atoms with Crippen molar-refractivity contribution in [3.8, 4) is 0 Å². The first kappa shape index (κ1) is 17.7. The van der Waals surface area contributed by atoms with Crippen LogP contribution in [0.5, 0.6) is 0 Å². The maximum atomic E-state index is 12.6. The summed E-state index contributed by atoms with van der Waals surface area (Å²) in [7, 11) is -3.80. The van der Waals surface area contributed by atoms with Crippen LogP contribution in [0.1, 0.15) is 18.3 Å². The number of sulfonamides is 1. The largest absolute Gasteiger partial charge is 0.298 e. The fourth-order valence-electron chi connectivity index (χ4n) is 2.53. The topological polar surface area (TPSA) is 85.5 Å². The lowest BCUT2D eigenvalue weighted by Gasteiger charge is -2.06. The summed E-state index contributed by atoms with van der Waals surface area (Å²) >= 11 is 6.05. The van der Waals surface area contributed by atoms with Crippen LogP contribution in [0.15, 0.2) is 46.2 Å². The second-order valence-electron chi connectivity index (χ2n) is 5.52. The van der Waals surface area contributed by atoms with Crippen molar-refractivity contribution in [1.29, 1.82) is 0 Å². The van der Waals surface area contributed by atoms with Crippen LogP contribution < -0.4 is 10.3 Å². The Labute approximate surface area is 149 Å². The van der Waals surface area contributed by atoms with Gasteiger partial charge in [-0.05, 0) is 31.5 Å². The third-order valence-electron chi connectivity index (χ3n) is 3.88. The van der Waals surface area contributed by atoms with E-state index < -0.39 is 10.0 Å². The number of rotatable bonds is 5. The minimum Gasteiger partial charge on any atom is -0.298 e. The quantitative estimate of drug-likeness (QED) is 0.733. The molecule has 0 bridgehead atoms. The van der Waals surface area contributed by atoms with Crippen LogP contribution in [0.3, 0.4) is 0 Å². The van der Waals surface area contributed by atoms with Crippen LogP contribution in [0.2, 0.25) is 5.02 Å². The number of fused-ring (bicyclic) bond motifs is 1. The molecule has 0 unspecified atom stereocenters. The molecule has 1 N–H and O–H groups in total. The SMILES string of the molecule is CCn1nc(C)n2cc(S(=O)(=O)NCc3ccccc3Cl)cc2c1=O. The van der Waals surface area contributed by atoms with Crippen molar-refractivity contribution in [2.45, 2.75) is 31.8 Å². The van der Waals surface area contributed by atoms with E-state index >= 15 is 0 Å². The van der Waals surface area contributed by atoms with Gasteiger partial charge in [-0.2, -0.15) is 5.10 Å². The van der Waals surface area contributed by atoms with E-state index in [2.05, 4.69) is 9.82 Å². The van der Waals surface area contributed by atoms with E-state index in [1.54, 1.807) is 38.1 Å². The van der Waals surface area contributed by atoms with Crippen LogP contribution in [0, 0.1) is 6.92 Å². The Morgan fingerprint density at radius 1 is 1.28 bits per heavy atom. The minimum atomic E-state index is -3.80. The fraction of sp³-hybridized carbons (Fsp3) is 0.250. The van der Waals surface area contributed by atoms with Gasteiger partial charge in [0.05, 0.1) is 0 Å². The second kappa shape index (κ2) is 6.62. The molecule has 0 radical (unpaired) electrons. The van der Waals surface area contributed by atoms with Gasteiger partial charge in [0, 0.05) is 24.3 Å². The smallest absolute Gasteiger partial charge is 0.291 e. The van der Waals surface area contributed by atoms with Crippen molar-refractivity contribution >= 4 is 27.1 Å². The van der Waals surface area contributed by atoms with E-state index in [0.29, 0.717) is 23.0 Å². The van der Waals surface area contributed by atoms with Crippen molar-refractivity contribution in [2.24, 2.45) is 0 Å². The Balaban J connectivity index is 1.98. The van der Waals surface area contributed by atoms with Gasteiger partial charge < -0.3 is 0 Å². The molecule has 3 aromatic rings. The van der Waals surface area contributed by atoms with Gasteiger partial charge in [-0.15, -0.1) is 0 Å². The Bertz CT molecular complexity index is 1100. The molecule has 3 rings (SSSR count). The van der Waals surface area contributed by atoms with Gasteiger partial charge in [0.1, 0.15) is 16.2 Å². The molecule has 0 saturated carbocycles. The maximum absolute atomic E-state index is 12.6. The summed E-state index contributed by atoms with van der Waals surface area (Å²) in [5, 5.41) is 4.64. The van der Waals surface area contributed by atoms with Crippen molar-refractivity contribution in [3.05, 3.63) is 63.3 Å². The van der Waals surface area contributed by atoms with Gasteiger partial charge in [-0.1, -0.05) is 29.8 Å². The Kier molecular flexibility index (Phi) is 4.68. The summed E-state index contributed by atoms with van der Waals surface area (Å²) in [6, 6.07) is 8.35. The van der Waals surface area contributed by atoms with Crippen molar-refractivity contribution in [3.63, 3.8) is 0 Å². The fourth-order valence-corrected chi connectivity index (χ4v) is 3.76. The standard InChI is InChI=1S/C16H17ClN4O3S/c1-3-21-16(22)15-8-13(10-20(15)11(2)19-21)25(23,24)18-9-12-6-4-5-7-14(12)17/h4-8,10,18H,3,9H2,1-2H3. The summed E-state index contributed by atoms with van der Waals surface area (Å²) in [6.45, 7) is 3.99. The lowest BCUT2D eigenvalue weighted by atomic mass is 10.2. The highest BCUT2D eigenvalue weighted by Crippen LogP contribution is 2.17. The third-order valence-corrected chi connectivity index (χ3v) is 5.62. The highest BCUT2D eigenvalue weighted by molar-refractivity contribution is 7.89. The zero-order chi connectivity index (χ0) is 18.2. The first-order chi connectivity index (χ1) is 11.8. The molecule has 0 atom stereocenters. The highest BCUT2D eigenvalue weighted by Gasteiger charge is 2.19. The third kappa shape index (κ3) is 3.33. The molecule has 0 aliphatic carbocycles. The summed E-state index contributed by atoms with van der Waals surface area (Å²) in [4.78, 5) is 12.3. The summed E-state index contributed by atoms with van der Waals surface area (Å²) < 4.78 is 30.4. The predicted molar refractivity (Wildman–Crippen MR) is 95.3 cm³/mol. The summed E-state index contributed by atoms with van der Waals surface area (Å²) in [5.41, 5.74) is 0.607. The first-order valence-electron chi connectivity index (χ1n) is 7.66. The molecule has 0 amide bonds. The molecule has 9 heteroatoms. The zero-order valence-corrected chi connectivity index (χ0v) is 15.3. The van der Waals surface area contributed by atoms with E-state index in [0.717, 1.165) is 0 Å². The number of halogens is 1. The van der Waals surface area contributed by atoms with Gasteiger partial charge >= 0.3 is 0 Å². The molecule has 7 nitrogen and oxygen atoms in total. The van der Waals surface area contributed by atoms with Crippen molar-refractivity contribution < 1.29 is 8.42 Å². The first-order valence-corrected chi connectivity index (χ1v) is 9.52. The Morgan fingerprint density at radius 3 is 2.68 bits per heavy atom. The van der Waals surface area contributed by atoms with E-state index in [1.165, 1.54) is 21.3 Å². The molecule has 2 aromatic heterocycles. The average Bonchev–Trinajstić information content (AvgIpc) is 3.04. The number of benzene rings is 1. The number of aromatic nitrogens is 3. The van der Waals surface area contributed by atoms with E-state index in [9.17, 15) is 13.2 Å². The summed E-state index contributed by atoms with van der Waals surface area (Å²) in [5.74, 6) is 0.531. The molecule has 132 valence electrons. The molecule has 0 saturated heterocycles. The van der Waals surface area contributed by atoms with Gasteiger partial charge in [0.15, 0.2) is 0 Å². The lowest BCUT2D eigenvalue weighted by molar-refractivity contribution is 0.581. The van der Waals surface area contributed by atoms with Crippen LogP contribution >= 0.6 is 11.6 Å². The van der Waals surface area contributed by atoms with E-state index in [1.807, 2.05) is 0 Å². The Morgan fingerprint density at radius 2 is 2.00 bits per heavy atom. The molecule has 0 aliphatic rings. The number of nitrogens with zero attached hydrogens (tertiary/aromatic N) is 3. The van der Waals surface area contributed by atoms with Crippen molar-refractivity contribution in [2.75, 3.05) is 0 Å². The molecule has 25 heavy (non-hydrogen) atoms. The molecule has 0 aliphatic heterocycles.